The van der Waals surface area contributed by atoms with Crippen molar-refractivity contribution in [2.45, 2.75) is 31.9 Å². The lowest BCUT2D eigenvalue weighted by molar-refractivity contribution is -0.111. The zero-order valence-corrected chi connectivity index (χ0v) is 18.8. The van der Waals surface area contributed by atoms with Crippen LogP contribution < -0.4 is 10.6 Å². The van der Waals surface area contributed by atoms with E-state index in [2.05, 4.69) is 16.7 Å². The van der Waals surface area contributed by atoms with Gasteiger partial charge in [0.2, 0.25) is 5.91 Å². The number of nitrogens with zero attached hydrogens (tertiary/aromatic N) is 1. The van der Waals surface area contributed by atoms with Crippen molar-refractivity contribution in [2.75, 3.05) is 5.32 Å². The molecule has 1 atom stereocenters. The van der Waals surface area contributed by atoms with E-state index in [9.17, 15) is 14.9 Å². The molecule has 2 N–H and O–H groups in total. The first-order valence-electron chi connectivity index (χ1n) is 10.2. The quantitative estimate of drug-likeness (QED) is 0.497. The third kappa shape index (κ3) is 5.44. The smallest absolute Gasteiger partial charge is 0.407 e. The van der Waals surface area contributed by atoms with E-state index in [0.29, 0.717) is 36.4 Å². The highest BCUT2D eigenvalue weighted by Crippen LogP contribution is 2.38. The Morgan fingerprint density at radius 3 is 2.81 bits per heavy atom. The molecule has 4 rings (SSSR count). The summed E-state index contributed by atoms with van der Waals surface area (Å²) in [5.74, 6) is -0.276. The van der Waals surface area contributed by atoms with Crippen molar-refractivity contribution in [1.29, 1.82) is 5.26 Å². The highest BCUT2D eigenvalue weighted by Gasteiger charge is 2.28. The number of amides is 2. The predicted octanol–water partition coefficient (Wildman–Crippen LogP) is 5.12. The molecule has 3 aromatic rings. The molecule has 0 radical (unpaired) electrons. The first-order chi connectivity index (χ1) is 15.6. The summed E-state index contributed by atoms with van der Waals surface area (Å²) in [5.41, 5.74) is 2.45. The topological polar surface area (TPSA) is 91.2 Å². The second-order valence-electron chi connectivity index (χ2n) is 7.27. The van der Waals surface area contributed by atoms with Gasteiger partial charge in [-0.15, -0.1) is 22.7 Å². The highest BCUT2D eigenvalue weighted by atomic mass is 32.1. The minimum atomic E-state index is -0.452. The number of alkyl carbamates (subject to hydrolysis) is 1. The van der Waals surface area contributed by atoms with Crippen LogP contribution in [-0.2, 0) is 28.9 Å². The van der Waals surface area contributed by atoms with E-state index < -0.39 is 6.09 Å². The normalized spacial score (nSPS) is 15.0. The third-order valence-electron chi connectivity index (χ3n) is 5.06. The number of rotatable bonds is 6. The highest BCUT2D eigenvalue weighted by molar-refractivity contribution is 7.16. The molecule has 2 aromatic heterocycles. The summed E-state index contributed by atoms with van der Waals surface area (Å²) in [6.45, 7) is 0.407. The van der Waals surface area contributed by atoms with Gasteiger partial charge in [-0.25, -0.2) is 4.79 Å². The lowest BCUT2D eigenvalue weighted by Crippen LogP contribution is -2.31. The molecule has 8 heteroatoms. The van der Waals surface area contributed by atoms with Gasteiger partial charge in [0, 0.05) is 28.8 Å². The van der Waals surface area contributed by atoms with Crippen LogP contribution in [0.1, 0.15) is 32.9 Å². The van der Waals surface area contributed by atoms with Crippen molar-refractivity contribution in [1.82, 2.24) is 5.32 Å². The number of nitriles is 1. The Bertz CT molecular complexity index is 1160. The van der Waals surface area contributed by atoms with Crippen LogP contribution in [0.5, 0.6) is 0 Å². The average molecular weight is 464 g/mol. The number of carbonyl (C=O) groups is 2. The van der Waals surface area contributed by atoms with E-state index in [4.69, 9.17) is 4.74 Å². The third-order valence-corrected chi connectivity index (χ3v) is 7.07. The van der Waals surface area contributed by atoms with Crippen molar-refractivity contribution < 1.29 is 14.3 Å². The van der Waals surface area contributed by atoms with E-state index in [1.54, 1.807) is 17.4 Å². The maximum absolute atomic E-state index is 12.3. The van der Waals surface area contributed by atoms with Crippen LogP contribution in [0.25, 0.3) is 6.08 Å². The second kappa shape index (κ2) is 10.3. The van der Waals surface area contributed by atoms with E-state index in [1.807, 2.05) is 47.8 Å². The van der Waals surface area contributed by atoms with E-state index >= 15 is 0 Å². The fourth-order valence-corrected chi connectivity index (χ4v) is 5.41. The van der Waals surface area contributed by atoms with Crippen LogP contribution in [0.3, 0.4) is 0 Å². The van der Waals surface area contributed by atoms with Gasteiger partial charge in [0.25, 0.3) is 0 Å². The van der Waals surface area contributed by atoms with Crippen molar-refractivity contribution in [3.05, 3.63) is 80.4 Å². The molecule has 0 fully saturated rings. The van der Waals surface area contributed by atoms with Crippen molar-refractivity contribution in [2.24, 2.45) is 0 Å². The van der Waals surface area contributed by atoms with Crippen LogP contribution in [0.15, 0.2) is 53.9 Å². The maximum Gasteiger partial charge on any atom is 0.407 e. The van der Waals surface area contributed by atoms with Gasteiger partial charge in [-0.2, -0.15) is 5.26 Å². The summed E-state index contributed by atoms with van der Waals surface area (Å²) in [6.07, 6.45) is 4.31. The lowest BCUT2D eigenvalue weighted by Gasteiger charge is -2.22. The van der Waals surface area contributed by atoms with E-state index in [1.165, 1.54) is 17.4 Å². The molecule has 1 unspecified atom stereocenters. The van der Waals surface area contributed by atoms with Gasteiger partial charge in [-0.1, -0.05) is 36.4 Å². The molecule has 2 heterocycles. The number of benzene rings is 1. The molecule has 0 spiro atoms. The van der Waals surface area contributed by atoms with Crippen molar-refractivity contribution in [3.63, 3.8) is 0 Å². The Morgan fingerprint density at radius 2 is 2.06 bits per heavy atom. The number of thiophene rings is 2. The van der Waals surface area contributed by atoms with Crippen molar-refractivity contribution in [3.8, 4) is 6.07 Å². The van der Waals surface area contributed by atoms with Gasteiger partial charge in [0.1, 0.15) is 17.2 Å². The molecular formula is C24H21N3O3S2. The number of ether oxygens (including phenoxy) is 1. The minimum absolute atomic E-state index is 0.259. The van der Waals surface area contributed by atoms with Gasteiger partial charge in [0.05, 0.1) is 5.56 Å². The molecule has 1 aliphatic rings. The first-order valence-corrected chi connectivity index (χ1v) is 11.9. The molecule has 0 aliphatic heterocycles. The summed E-state index contributed by atoms with van der Waals surface area (Å²) in [5, 5.41) is 17.7. The first kappa shape index (κ1) is 21.8. The summed E-state index contributed by atoms with van der Waals surface area (Å²) in [7, 11) is 0. The van der Waals surface area contributed by atoms with Crippen LogP contribution in [0.4, 0.5) is 9.80 Å². The van der Waals surface area contributed by atoms with Crippen molar-refractivity contribution >= 4 is 45.8 Å². The fourth-order valence-electron chi connectivity index (χ4n) is 3.52. The van der Waals surface area contributed by atoms with Gasteiger partial charge >= 0.3 is 6.09 Å². The van der Waals surface area contributed by atoms with Gasteiger partial charge in [0.15, 0.2) is 0 Å². The van der Waals surface area contributed by atoms with Gasteiger partial charge in [-0.05, 0) is 41.5 Å². The van der Waals surface area contributed by atoms with E-state index in [-0.39, 0.29) is 12.0 Å². The molecule has 162 valence electrons. The largest absolute Gasteiger partial charge is 0.446 e. The molecule has 1 aromatic carbocycles. The Labute approximate surface area is 194 Å². The van der Waals surface area contributed by atoms with Crippen LogP contribution >= 0.6 is 22.7 Å². The van der Waals surface area contributed by atoms with Gasteiger partial charge < -0.3 is 15.4 Å². The second-order valence-corrected chi connectivity index (χ2v) is 9.35. The summed E-state index contributed by atoms with van der Waals surface area (Å²) >= 11 is 2.93. The zero-order valence-electron chi connectivity index (χ0n) is 17.2. The lowest BCUT2D eigenvalue weighted by atomic mass is 9.94. The molecule has 1 aliphatic carbocycles. The Hall–Kier alpha value is -3.41. The SMILES string of the molecule is N#Cc1c(NC(=O)/C=C/c2cccs2)sc2c1CCC(OC(=O)NCc1ccccc1)C2. The standard InChI is InChI=1S/C24H21N3O3S2/c25-14-20-19-10-8-17(30-24(29)26-15-16-5-2-1-3-6-16)13-21(19)32-23(20)27-22(28)11-9-18-7-4-12-31-18/h1-7,9,11-12,17H,8,10,13,15H2,(H,26,29)(H,27,28)/b11-9+. The molecule has 6 nitrogen and oxygen atoms in total. The molecule has 0 saturated carbocycles. The number of hydrogen-bond acceptors (Lipinski definition) is 6. The molecule has 32 heavy (non-hydrogen) atoms. The number of nitrogens with one attached hydrogen (secondary N) is 2. The summed E-state index contributed by atoms with van der Waals surface area (Å²) in [6, 6.07) is 15.7. The Kier molecular flexibility index (Phi) is 7.00. The Morgan fingerprint density at radius 1 is 1.22 bits per heavy atom. The number of anilines is 1. The molecule has 0 bridgehead atoms. The van der Waals surface area contributed by atoms with Crippen LogP contribution in [0, 0.1) is 11.3 Å². The van der Waals surface area contributed by atoms with Gasteiger partial charge in [-0.3, -0.25) is 4.79 Å². The predicted molar refractivity (Wildman–Crippen MR) is 127 cm³/mol. The molecule has 0 saturated heterocycles. The minimum Gasteiger partial charge on any atom is -0.446 e. The maximum atomic E-state index is 12.3. The number of hydrogen-bond donors (Lipinski definition) is 2. The summed E-state index contributed by atoms with van der Waals surface area (Å²) < 4.78 is 5.59. The zero-order chi connectivity index (χ0) is 22.3. The monoisotopic (exact) mass is 463 g/mol. The molecular weight excluding hydrogens is 442 g/mol. The molecule has 2 amide bonds. The van der Waals surface area contributed by atoms with E-state index in [0.717, 1.165) is 20.9 Å². The fraction of sp³-hybridized carbons (Fsp3) is 0.208. The van der Waals surface area contributed by atoms with Crippen LogP contribution in [-0.4, -0.2) is 18.1 Å². The number of fused-ring (bicyclic) bond motifs is 1. The average Bonchev–Trinajstić information content (AvgIpc) is 3.44. The Balaban J connectivity index is 1.36. The van der Waals surface area contributed by atoms with Crippen LogP contribution in [0.2, 0.25) is 0 Å². The summed E-state index contributed by atoms with van der Waals surface area (Å²) in [4.78, 5) is 26.5. The number of carbonyl (C=O) groups excluding carboxylic acids is 2.